The van der Waals surface area contributed by atoms with E-state index in [0.717, 1.165) is 18.4 Å². The molecule has 11 heavy (non-hydrogen) atoms. The molecule has 0 fully saturated rings. The number of unbranched alkanes of at least 4 members (excludes halogenated alkanes) is 1. The predicted octanol–water partition coefficient (Wildman–Crippen LogP) is 2.66. The largest absolute Gasteiger partial charge is 0.393 e. The molecular weight excluding hydrogens is 136 g/mol. The molecule has 0 saturated carbocycles. The molecule has 0 aromatic carbocycles. The maximum Gasteiger partial charge on any atom is 0.0555 e. The van der Waals surface area contributed by atoms with Crippen LogP contribution >= 0.6 is 0 Å². The molecule has 1 heteroatoms. The van der Waals surface area contributed by atoms with Gasteiger partial charge in [0.25, 0.3) is 0 Å². The zero-order valence-electron chi connectivity index (χ0n) is 7.56. The highest BCUT2D eigenvalue weighted by Gasteiger charge is 2.00. The second kappa shape index (κ2) is 6.21. The third-order valence-electron chi connectivity index (χ3n) is 1.62. The quantitative estimate of drug-likeness (QED) is 0.603. The number of hydrogen-bond donors (Lipinski definition) is 1. The molecule has 0 spiro atoms. The van der Waals surface area contributed by atoms with Crippen LogP contribution in [-0.4, -0.2) is 11.2 Å². The lowest BCUT2D eigenvalue weighted by molar-refractivity contribution is 0.194. The maximum absolute atomic E-state index is 9.06. The highest BCUT2D eigenvalue weighted by Crippen LogP contribution is 2.11. The van der Waals surface area contributed by atoms with E-state index in [4.69, 9.17) is 5.11 Å². The van der Waals surface area contributed by atoms with Crippen LogP contribution in [0.2, 0.25) is 0 Å². The first-order valence-electron chi connectivity index (χ1n) is 4.26. The van der Waals surface area contributed by atoms with Gasteiger partial charge in [0.15, 0.2) is 0 Å². The number of rotatable bonds is 5. The zero-order chi connectivity index (χ0) is 8.69. The van der Waals surface area contributed by atoms with Crippen LogP contribution in [0.4, 0.5) is 0 Å². The van der Waals surface area contributed by atoms with Gasteiger partial charge in [-0.15, -0.1) is 5.73 Å². The van der Waals surface area contributed by atoms with Crippen LogP contribution in [0.5, 0.6) is 0 Å². The second-order valence-electron chi connectivity index (χ2n) is 2.94. The fourth-order valence-electron chi connectivity index (χ4n) is 1.01. The van der Waals surface area contributed by atoms with Gasteiger partial charge < -0.3 is 5.11 Å². The Balaban J connectivity index is 3.69. The van der Waals surface area contributed by atoms with E-state index in [-0.39, 0.29) is 6.10 Å². The molecule has 0 aliphatic rings. The Morgan fingerprint density at radius 2 is 2.27 bits per heavy atom. The summed E-state index contributed by atoms with van der Waals surface area (Å²) < 4.78 is 0. The minimum absolute atomic E-state index is 0.254. The topological polar surface area (TPSA) is 20.2 Å². The van der Waals surface area contributed by atoms with Crippen LogP contribution in [0.3, 0.4) is 0 Å². The summed E-state index contributed by atoms with van der Waals surface area (Å²) in [7, 11) is 0. The number of aliphatic hydroxyl groups excluding tert-OH is 1. The second-order valence-corrected chi connectivity index (χ2v) is 2.94. The van der Waals surface area contributed by atoms with E-state index in [1.165, 1.54) is 12.8 Å². The SMILES string of the molecule is C=C=C(CCCC)C[C@H](C)O. The fourth-order valence-corrected chi connectivity index (χ4v) is 1.01. The van der Waals surface area contributed by atoms with Gasteiger partial charge >= 0.3 is 0 Å². The smallest absolute Gasteiger partial charge is 0.0555 e. The molecule has 0 aromatic heterocycles. The first-order valence-corrected chi connectivity index (χ1v) is 4.26. The van der Waals surface area contributed by atoms with Crippen LogP contribution in [0.25, 0.3) is 0 Å². The first kappa shape index (κ1) is 10.5. The molecule has 1 N–H and O–H groups in total. The summed E-state index contributed by atoms with van der Waals surface area (Å²) in [6.07, 6.45) is 3.86. The molecule has 1 nitrogen and oxygen atoms in total. The molecule has 0 aliphatic heterocycles. The molecule has 0 amide bonds. The molecule has 0 aliphatic carbocycles. The summed E-state index contributed by atoms with van der Waals surface area (Å²) in [5.41, 5.74) is 4.03. The molecule has 0 rings (SSSR count). The van der Waals surface area contributed by atoms with E-state index in [1.807, 2.05) is 0 Å². The minimum atomic E-state index is -0.254. The first-order chi connectivity index (χ1) is 5.20. The lowest BCUT2D eigenvalue weighted by atomic mass is 10.0. The summed E-state index contributed by atoms with van der Waals surface area (Å²) in [5.74, 6) is 0. The van der Waals surface area contributed by atoms with E-state index >= 15 is 0 Å². The van der Waals surface area contributed by atoms with Crippen LogP contribution in [0, 0.1) is 0 Å². The normalized spacial score (nSPS) is 12.3. The van der Waals surface area contributed by atoms with Crippen LogP contribution in [-0.2, 0) is 0 Å². The zero-order valence-corrected chi connectivity index (χ0v) is 7.56. The van der Waals surface area contributed by atoms with Crippen molar-refractivity contribution in [3.05, 3.63) is 17.9 Å². The van der Waals surface area contributed by atoms with E-state index in [2.05, 4.69) is 19.2 Å². The molecule has 0 bridgehead atoms. The van der Waals surface area contributed by atoms with Crippen molar-refractivity contribution < 1.29 is 5.11 Å². The fraction of sp³-hybridized carbons (Fsp3) is 0.700. The summed E-state index contributed by atoms with van der Waals surface area (Å²) in [4.78, 5) is 0. The third-order valence-corrected chi connectivity index (χ3v) is 1.62. The Bertz CT molecular complexity index is 141. The Kier molecular flexibility index (Phi) is 5.91. The summed E-state index contributed by atoms with van der Waals surface area (Å²) >= 11 is 0. The van der Waals surface area contributed by atoms with Gasteiger partial charge in [0.2, 0.25) is 0 Å². The van der Waals surface area contributed by atoms with Crippen LogP contribution < -0.4 is 0 Å². The van der Waals surface area contributed by atoms with E-state index in [9.17, 15) is 0 Å². The highest BCUT2D eigenvalue weighted by molar-refractivity contribution is 4.99. The average molecular weight is 154 g/mol. The lowest BCUT2D eigenvalue weighted by Crippen LogP contribution is -2.00. The standard InChI is InChI=1S/C10H18O/c1-4-6-7-10(5-2)8-9(3)11/h9,11H,2,4,6-8H2,1,3H3/t9-/m0/s1. The Hall–Kier alpha value is -0.520. The molecule has 0 radical (unpaired) electrons. The Morgan fingerprint density at radius 3 is 2.64 bits per heavy atom. The monoisotopic (exact) mass is 154 g/mol. The molecule has 0 saturated heterocycles. The van der Waals surface area contributed by atoms with Gasteiger partial charge in [-0.3, -0.25) is 0 Å². The van der Waals surface area contributed by atoms with Gasteiger partial charge in [0.05, 0.1) is 6.10 Å². The van der Waals surface area contributed by atoms with Gasteiger partial charge in [-0.25, -0.2) is 0 Å². The van der Waals surface area contributed by atoms with Gasteiger partial charge in [0.1, 0.15) is 0 Å². The van der Waals surface area contributed by atoms with E-state index in [0.29, 0.717) is 0 Å². The molecule has 64 valence electrons. The van der Waals surface area contributed by atoms with Crippen molar-refractivity contribution in [1.29, 1.82) is 0 Å². The van der Waals surface area contributed by atoms with Crippen molar-refractivity contribution in [2.75, 3.05) is 0 Å². The summed E-state index contributed by atoms with van der Waals surface area (Å²) in [6.45, 7) is 7.54. The number of hydrogen-bond acceptors (Lipinski definition) is 1. The van der Waals surface area contributed by atoms with Crippen molar-refractivity contribution in [2.24, 2.45) is 0 Å². The van der Waals surface area contributed by atoms with Crippen molar-refractivity contribution in [2.45, 2.75) is 45.6 Å². The lowest BCUT2D eigenvalue weighted by Gasteiger charge is -2.05. The van der Waals surface area contributed by atoms with Gasteiger partial charge in [-0.1, -0.05) is 19.9 Å². The highest BCUT2D eigenvalue weighted by atomic mass is 16.3. The van der Waals surface area contributed by atoms with Crippen molar-refractivity contribution in [1.82, 2.24) is 0 Å². The Labute approximate surface area is 69.4 Å². The molecule has 0 heterocycles. The van der Waals surface area contributed by atoms with E-state index in [1.54, 1.807) is 6.92 Å². The van der Waals surface area contributed by atoms with Gasteiger partial charge in [-0.2, -0.15) is 0 Å². The average Bonchev–Trinajstić information content (AvgIpc) is 1.97. The van der Waals surface area contributed by atoms with Gasteiger partial charge in [-0.05, 0) is 25.3 Å². The molecular formula is C10H18O. The molecule has 1 atom stereocenters. The van der Waals surface area contributed by atoms with Crippen molar-refractivity contribution >= 4 is 0 Å². The summed E-state index contributed by atoms with van der Waals surface area (Å²) in [5, 5.41) is 9.06. The summed E-state index contributed by atoms with van der Waals surface area (Å²) in [6, 6.07) is 0. The minimum Gasteiger partial charge on any atom is -0.393 e. The van der Waals surface area contributed by atoms with Crippen molar-refractivity contribution in [3.63, 3.8) is 0 Å². The third kappa shape index (κ3) is 5.90. The number of aliphatic hydroxyl groups is 1. The van der Waals surface area contributed by atoms with E-state index < -0.39 is 0 Å². The molecule has 0 aromatic rings. The van der Waals surface area contributed by atoms with Crippen molar-refractivity contribution in [3.8, 4) is 0 Å². The maximum atomic E-state index is 9.06. The molecule has 0 unspecified atom stereocenters. The van der Waals surface area contributed by atoms with Gasteiger partial charge in [0, 0.05) is 6.42 Å². The Morgan fingerprint density at radius 1 is 1.64 bits per heavy atom. The van der Waals surface area contributed by atoms with Crippen LogP contribution in [0.15, 0.2) is 17.9 Å². The predicted molar refractivity (Wildman–Crippen MR) is 48.5 cm³/mol. The van der Waals surface area contributed by atoms with Crippen LogP contribution in [0.1, 0.15) is 39.5 Å².